The molecule has 0 atom stereocenters. The van der Waals surface area contributed by atoms with E-state index in [1.165, 1.54) is 9.25 Å². The fourth-order valence-electron chi connectivity index (χ4n) is 2.34. The van der Waals surface area contributed by atoms with Crippen molar-refractivity contribution in [1.82, 2.24) is 19.7 Å². The Bertz CT molecular complexity index is 766. The minimum Gasteiger partial charge on any atom is -0.350 e. The summed E-state index contributed by atoms with van der Waals surface area (Å²) in [4.78, 5) is 24.5. The zero-order valence-corrected chi connectivity index (χ0v) is 14.4. The molecular weight excluding hydrogens is 292 g/mol. The molecule has 124 valence electrons. The van der Waals surface area contributed by atoms with Gasteiger partial charge in [-0.05, 0) is 40.2 Å². The van der Waals surface area contributed by atoms with Crippen LogP contribution in [0.2, 0.25) is 0 Å². The molecular formula is C17H24N4O2. The van der Waals surface area contributed by atoms with Crippen LogP contribution < -0.4 is 11.0 Å². The molecule has 1 amide bonds. The van der Waals surface area contributed by atoms with Crippen LogP contribution in [0.25, 0.3) is 0 Å². The number of nitrogens with zero attached hydrogens (tertiary/aromatic N) is 3. The zero-order valence-electron chi connectivity index (χ0n) is 14.4. The standard InChI is InChI=1S/C17H24N4O2/c1-12-7-6-8-14(9-12)10-18-15(22)11-20-13(2)19-21(16(20)23)17(3,4)5/h6-9H,10-11H2,1-5H3,(H,18,22). The van der Waals surface area contributed by atoms with Gasteiger partial charge in [-0.2, -0.15) is 5.10 Å². The fraction of sp³-hybridized carbons (Fsp3) is 0.471. The minimum atomic E-state index is -0.412. The summed E-state index contributed by atoms with van der Waals surface area (Å²) in [5, 5.41) is 7.09. The first-order valence-electron chi connectivity index (χ1n) is 7.67. The Morgan fingerprint density at radius 2 is 1.96 bits per heavy atom. The van der Waals surface area contributed by atoms with Crippen molar-refractivity contribution in [2.24, 2.45) is 0 Å². The monoisotopic (exact) mass is 316 g/mol. The molecule has 23 heavy (non-hydrogen) atoms. The van der Waals surface area contributed by atoms with Gasteiger partial charge in [0.2, 0.25) is 5.91 Å². The number of aryl methyl sites for hydroxylation is 2. The van der Waals surface area contributed by atoms with Crippen molar-refractivity contribution in [1.29, 1.82) is 0 Å². The van der Waals surface area contributed by atoms with E-state index in [-0.39, 0.29) is 18.1 Å². The zero-order chi connectivity index (χ0) is 17.2. The maximum Gasteiger partial charge on any atom is 0.346 e. The summed E-state index contributed by atoms with van der Waals surface area (Å²) in [5.74, 6) is 0.334. The normalized spacial score (nSPS) is 11.5. The first-order valence-corrected chi connectivity index (χ1v) is 7.67. The van der Waals surface area contributed by atoms with Gasteiger partial charge in [-0.1, -0.05) is 29.8 Å². The lowest BCUT2D eigenvalue weighted by molar-refractivity contribution is -0.121. The van der Waals surface area contributed by atoms with Gasteiger partial charge in [-0.25, -0.2) is 9.48 Å². The molecule has 1 N–H and O–H groups in total. The third-order valence-electron chi connectivity index (χ3n) is 3.56. The second-order valence-corrected chi connectivity index (χ2v) is 6.76. The molecule has 0 unspecified atom stereocenters. The summed E-state index contributed by atoms with van der Waals surface area (Å²) in [5.41, 5.74) is 1.51. The maximum atomic E-state index is 12.4. The third-order valence-corrected chi connectivity index (χ3v) is 3.56. The van der Waals surface area contributed by atoms with Crippen molar-refractivity contribution in [3.8, 4) is 0 Å². The van der Waals surface area contributed by atoms with E-state index in [1.807, 2.05) is 52.0 Å². The third kappa shape index (κ3) is 4.09. The number of aromatic nitrogens is 3. The summed E-state index contributed by atoms with van der Waals surface area (Å²) in [7, 11) is 0. The number of benzene rings is 1. The van der Waals surface area contributed by atoms with Crippen LogP contribution in [0.1, 0.15) is 37.7 Å². The molecule has 2 rings (SSSR count). The molecule has 2 aromatic rings. The molecule has 1 aromatic carbocycles. The van der Waals surface area contributed by atoms with Crippen molar-refractivity contribution >= 4 is 5.91 Å². The molecule has 0 saturated heterocycles. The highest BCUT2D eigenvalue weighted by molar-refractivity contribution is 5.75. The highest BCUT2D eigenvalue weighted by Crippen LogP contribution is 2.09. The minimum absolute atomic E-state index is 0.0213. The first-order chi connectivity index (χ1) is 10.7. The van der Waals surface area contributed by atoms with Crippen molar-refractivity contribution in [2.45, 2.75) is 53.2 Å². The van der Waals surface area contributed by atoms with Gasteiger partial charge in [-0.3, -0.25) is 9.36 Å². The SMILES string of the molecule is Cc1cccc(CNC(=O)Cn2c(C)nn(C(C)(C)C)c2=O)c1. The van der Waals surface area contributed by atoms with E-state index in [0.717, 1.165) is 11.1 Å². The smallest absolute Gasteiger partial charge is 0.346 e. The summed E-state index contributed by atoms with van der Waals surface area (Å²) in [6.45, 7) is 9.88. The molecule has 0 bridgehead atoms. The van der Waals surface area contributed by atoms with Crippen LogP contribution in [0, 0.1) is 13.8 Å². The van der Waals surface area contributed by atoms with Gasteiger partial charge in [0.05, 0.1) is 5.54 Å². The summed E-state index contributed by atoms with van der Waals surface area (Å²) >= 11 is 0. The lowest BCUT2D eigenvalue weighted by atomic mass is 10.1. The quantitative estimate of drug-likeness (QED) is 0.934. The Morgan fingerprint density at radius 3 is 2.52 bits per heavy atom. The lowest BCUT2D eigenvalue weighted by Crippen LogP contribution is -2.38. The first kappa shape index (κ1) is 17.0. The number of rotatable bonds is 4. The van der Waals surface area contributed by atoms with E-state index < -0.39 is 5.54 Å². The van der Waals surface area contributed by atoms with Crippen molar-refractivity contribution in [3.05, 3.63) is 51.7 Å². The highest BCUT2D eigenvalue weighted by atomic mass is 16.2. The topological polar surface area (TPSA) is 68.9 Å². The van der Waals surface area contributed by atoms with Crippen LogP contribution in [0.4, 0.5) is 0 Å². The average Bonchev–Trinajstić information content (AvgIpc) is 2.73. The van der Waals surface area contributed by atoms with E-state index in [4.69, 9.17) is 0 Å². The Hall–Kier alpha value is -2.37. The van der Waals surface area contributed by atoms with Gasteiger partial charge in [0.1, 0.15) is 12.4 Å². The number of amides is 1. The molecule has 0 spiro atoms. The number of nitrogens with one attached hydrogen (secondary N) is 1. The van der Waals surface area contributed by atoms with E-state index >= 15 is 0 Å². The summed E-state index contributed by atoms with van der Waals surface area (Å²) in [6, 6.07) is 7.95. The number of hydrogen-bond acceptors (Lipinski definition) is 3. The summed E-state index contributed by atoms with van der Waals surface area (Å²) < 4.78 is 2.81. The van der Waals surface area contributed by atoms with Crippen molar-refractivity contribution in [2.75, 3.05) is 0 Å². The van der Waals surface area contributed by atoms with Gasteiger partial charge in [0.25, 0.3) is 0 Å². The van der Waals surface area contributed by atoms with Gasteiger partial charge >= 0.3 is 5.69 Å². The van der Waals surface area contributed by atoms with Gasteiger partial charge in [0, 0.05) is 6.54 Å². The largest absolute Gasteiger partial charge is 0.350 e. The van der Waals surface area contributed by atoms with Crippen molar-refractivity contribution < 1.29 is 4.79 Å². The second kappa shape index (κ2) is 6.40. The predicted octanol–water partition coefficient (Wildman–Crippen LogP) is 1.73. The van der Waals surface area contributed by atoms with E-state index in [2.05, 4.69) is 10.4 Å². The fourth-order valence-corrected chi connectivity index (χ4v) is 2.34. The van der Waals surface area contributed by atoms with Crippen LogP contribution in [0.5, 0.6) is 0 Å². The van der Waals surface area contributed by atoms with Gasteiger partial charge in [-0.15, -0.1) is 0 Å². The molecule has 0 saturated carbocycles. The van der Waals surface area contributed by atoms with E-state index in [0.29, 0.717) is 12.4 Å². The van der Waals surface area contributed by atoms with E-state index in [9.17, 15) is 9.59 Å². The molecule has 6 heteroatoms. The second-order valence-electron chi connectivity index (χ2n) is 6.76. The highest BCUT2D eigenvalue weighted by Gasteiger charge is 2.21. The molecule has 1 aromatic heterocycles. The van der Waals surface area contributed by atoms with Gasteiger partial charge in [0.15, 0.2) is 0 Å². The number of carbonyl (C=O) groups excluding carboxylic acids is 1. The Labute approximate surface area is 136 Å². The van der Waals surface area contributed by atoms with Gasteiger partial charge < -0.3 is 5.32 Å². The maximum absolute atomic E-state index is 12.4. The van der Waals surface area contributed by atoms with Crippen molar-refractivity contribution in [3.63, 3.8) is 0 Å². The number of carbonyl (C=O) groups is 1. The lowest BCUT2D eigenvalue weighted by Gasteiger charge is -2.16. The Balaban J connectivity index is 2.06. The summed E-state index contributed by atoms with van der Waals surface area (Å²) in [6.07, 6.45) is 0. The van der Waals surface area contributed by atoms with Crippen LogP contribution in [-0.4, -0.2) is 20.3 Å². The molecule has 0 fully saturated rings. The molecule has 1 heterocycles. The number of hydrogen-bond donors (Lipinski definition) is 1. The Kier molecular flexibility index (Phi) is 4.73. The van der Waals surface area contributed by atoms with Crippen LogP contribution in [0.3, 0.4) is 0 Å². The average molecular weight is 316 g/mol. The Morgan fingerprint density at radius 1 is 1.26 bits per heavy atom. The molecule has 0 aliphatic rings. The van der Waals surface area contributed by atoms with Crippen LogP contribution in [-0.2, 0) is 23.4 Å². The van der Waals surface area contributed by atoms with E-state index in [1.54, 1.807) is 6.92 Å². The molecule has 0 aliphatic carbocycles. The molecule has 6 nitrogen and oxygen atoms in total. The van der Waals surface area contributed by atoms with Crippen LogP contribution >= 0.6 is 0 Å². The van der Waals surface area contributed by atoms with Crippen LogP contribution in [0.15, 0.2) is 29.1 Å². The molecule has 0 radical (unpaired) electrons. The molecule has 0 aliphatic heterocycles. The predicted molar refractivity (Wildman–Crippen MR) is 89.2 cm³/mol.